The van der Waals surface area contributed by atoms with Gasteiger partial charge in [0, 0.05) is 30.6 Å². The number of carbonyl (C=O) groups is 1. The molecule has 0 unspecified atom stereocenters. The molecule has 0 saturated carbocycles. The van der Waals surface area contributed by atoms with Crippen molar-refractivity contribution in [2.45, 2.75) is 19.9 Å². The van der Waals surface area contributed by atoms with Crippen LogP contribution in [0, 0.1) is 0 Å². The Labute approximate surface area is 124 Å². The molecule has 0 atom stereocenters. The van der Waals surface area contributed by atoms with E-state index >= 15 is 0 Å². The molecule has 1 N–H and O–H groups in total. The molecule has 0 aliphatic carbocycles. The van der Waals surface area contributed by atoms with Crippen LogP contribution in [-0.4, -0.2) is 15.5 Å². The molecule has 0 fully saturated rings. The fourth-order valence-electron chi connectivity index (χ4n) is 1.77. The highest BCUT2D eigenvalue weighted by atomic mass is 79.9. The Balaban J connectivity index is 2.19. The van der Waals surface area contributed by atoms with Gasteiger partial charge in [0.1, 0.15) is 4.60 Å². The average molecular weight is 336 g/mol. The molecule has 2 rings (SSSR count). The van der Waals surface area contributed by atoms with Crippen LogP contribution in [0.15, 0.2) is 46.1 Å². The molecular formula is C14H14BrN3O2. The van der Waals surface area contributed by atoms with Crippen molar-refractivity contribution in [2.75, 3.05) is 5.32 Å². The molecule has 20 heavy (non-hydrogen) atoms. The molecule has 104 valence electrons. The van der Waals surface area contributed by atoms with Gasteiger partial charge in [0.25, 0.3) is 11.5 Å². The van der Waals surface area contributed by atoms with Gasteiger partial charge >= 0.3 is 0 Å². The highest BCUT2D eigenvalue weighted by Gasteiger charge is 2.07. The van der Waals surface area contributed by atoms with Gasteiger partial charge in [0.05, 0.1) is 5.69 Å². The zero-order valence-electron chi connectivity index (χ0n) is 11.0. The van der Waals surface area contributed by atoms with Crippen molar-refractivity contribution in [3.8, 4) is 0 Å². The van der Waals surface area contributed by atoms with E-state index in [0.717, 1.165) is 6.42 Å². The fraction of sp³-hybridized carbons (Fsp3) is 0.214. The van der Waals surface area contributed by atoms with Gasteiger partial charge in [-0.05, 0) is 40.5 Å². The molecular weight excluding hydrogens is 322 g/mol. The lowest BCUT2D eigenvalue weighted by molar-refractivity contribution is 0.102. The van der Waals surface area contributed by atoms with Crippen LogP contribution in [0.4, 0.5) is 5.69 Å². The Bertz CT molecular complexity index is 682. The molecule has 1 amide bonds. The van der Waals surface area contributed by atoms with Crippen LogP contribution in [0.25, 0.3) is 0 Å². The predicted octanol–water partition coefficient (Wildman–Crippen LogP) is 2.67. The number of pyridine rings is 2. The molecule has 0 saturated heterocycles. The lowest BCUT2D eigenvalue weighted by Crippen LogP contribution is -2.20. The summed E-state index contributed by atoms with van der Waals surface area (Å²) >= 11 is 3.22. The van der Waals surface area contributed by atoms with Crippen molar-refractivity contribution in [3.63, 3.8) is 0 Å². The Morgan fingerprint density at radius 2 is 2.20 bits per heavy atom. The van der Waals surface area contributed by atoms with Crippen molar-refractivity contribution in [1.82, 2.24) is 9.55 Å². The number of rotatable bonds is 4. The molecule has 0 aromatic carbocycles. The molecule has 0 bridgehead atoms. The third-order valence-corrected chi connectivity index (χ3v) is 3.13. The van der Waals surface area contributed by atoms with Crippen LogP contribution in [0.5, 0.6) is 0 Å². The first-order valence-corrected chi connectivity index (χ1v) is 7.03. The maximum atomic E-state index is 12.1. The monoisotopic (exact) mass is 335 g/mol. The summed E-state index contributed by atoms with van der Waals surface area (Å²) in [4.78, 5) is 27.6. The summed E-state index contributed by atoms with van der Waals surface area (Å²) < 4.78 is 2.18. The summed E-state index contributed by atoms with van der Waals surface area (Å²) in [5, 5.41) is 2.76. The Kier molecular flexibility index (Phi) is 4.68. The summed E-state index contributed by atoms with van der Waals surface area (Å²) in [6, 6.07) is 6.32. The third kappa shape index (κ3) is 3.54. The SMILES string of the molecule is CCCn1cc(NC(=O)c2ccnc(Br)c2)ccc1=O. The number of nitrogens with one attached hydrogen (secondary N) is 1. The quantitative estimate of drug-likeness (QED) is 0.873. The summed E-state index contributed by atoms with van der Waals surface area (Å²) in [7, 11) is 0. The van der Waals surface area contributed by atoms with Crippen LogP contribution < -0.4 is 10.9 Å². The van der Waals surface area contributed by atoms with E-state index in [-0.39, 0.29) is 11.5 Å². The van der Waals surface area contributed by atoms with Crippen LogP contribution in [0.2, 0.25) is 0 Å². The zero-order valence-corrected chi connectivity index (χ0v) is 12.6. The molecule has 2 heterocycles. The van der Waals surface area contributed by atoms with Gasteiger partial charge < -0.3 is 9.88 Å². The third-order valence-electron chi connectivity index (χ3n) is 2.69. The number of aromatic nitrogens is 2. The van der Waals surface area contributed by atoms with E-state index in [4.69, 9.17) is 0 Å². The Morgan fingerprint density at radius 3 is 2.90 bits per heavy atom. The minimum Gasteiger partial charge on any atom is -0.321 e. The Morgan fingerprint density at radius 1 is 1.40 bits per heavy atom. The van der Waals surface area contributed by atoms with Crippen LogP contribution in [0.3, 0.4) is 0 Å². The van der Waals surface area contributed by atoms with E-state index in [0.29, 0.717) is 22.4 Å². The van der Waals surface area contributed by atoms with Crippen molar-refractivity contribution in [1.29, 1.82) is 0 Å². The van der Waals surface area contributed by atoms with Crippen LogP contribution in [0.1, 0.15) is 23.7 Å². The lowest BCUT2D eigenvalue weighted by atomic mass is 10.2. The second-order valence-corrected chi connectivity index (χ2v) is 5.08. The van der Waals surface area contributed by atoms with Gasteiger partial charge in [0.2, 0.25) is 0 Å². The first kappa shape index (κ1) is 14.5. The number of carbonyl (C=O) groups excluding carboxylic acids is 1. The van der Waals surface area contributed by atoms with Gasteiger partial charge in [-0.2, -0.15) is 0 Å². The molecule has 0 aliphatic heterocycles. The predicted molar refractivity (Wildman–Crippen MR) is 80.9 cm³/mol. The van der Waals surface area contributed by atoms with Gasteiger partial charge in [-0.25, -0.2) is 4.98 Å². The first-order chi connectivity index (χ1) is 9.60. The van der Waals surface area contributed by atoms with E-state index in [1.54, 1.807) is 35.2 Å². The van der Waals surface area contributed by atoms with E-state index < -0.39 is 0 Å². The van der Waals surface area contributed by atoms with Gasteiger partial charge in [-0.1, -0.05) is 6.92 Å². The van der Waals surface area contributed by atoms with Crippen molar-refractivity contribution in [2.24, 2.45) is 0 Å². The Hall–Kier alpha value is -1.95. The van der Waals surface area contributed by atoms with Gasteiger partial charge in [-0.3, -0.25) is 9.59 Å². The molecule has 2 aromatic heterocycles. The van der Waals surface area contributed by atoms with Crippen molar-refractivity contribution in [3.05, 3.63) is 57.2 Å². The van der Waals surface area contributed by atoms with Crippen molar-refractivity contribution < 1.29 is 4.79 Å². The standard InChI is InChI=1S/C14H14BrN3O2/c1-2-7-18-9-11(3-4-13(18)19)17-14(20)10-5-6-16-12(15)8-10/h3-6,8-9H,2,7H2,1H3,(H,17,20). The number of anilines is 1. The van der Waals surface area contributed by atoms with Gasteiger partial charge in [-0.15, -0.1) is 0 Å². The average Bonchev–Trinajstić information content (AvgIpc) is 2.43. The number of aryl methyl sites for hydroxylation is 1. The first-order valence-electron chi connectivity index (χ1n) is 6.23. The highest BCUT2D eigenvalue weighted by molar-refractivity contribution is 9.10. The molecule has 6 heteroatoms. The number of halogens is 1. The normalized spacial score (nSPS) is 10.3. The summed E-state index contributed by atoms with van der Waals surface area (Å²) in [6.07, 6.45) is 4.06. The molecule has 2 aromatic rings. The topological polar surface area (TPSA) is 64.0 Å². The number of hydrogen-bond donors (Lipinski definition) is 1. The number of amides is 1. The van der Waals surface area contributed by atoms with Crippen LogP contribution in [-0.2, 0) is 6.54 Å². The highest BCUT2D eigenvalue weighted by Crippen LogP contribution is 2.11. The summed E-state index contributed by atoms with van der Waals surface area (Å²) in [6.45, 7) is 2.62. The minimum atomic E-state index is -0.241. The summed E-state index contributed by atoms with van der Waals surface area (Å²) in [5.74, 6) is -0.241. The van der Waals surface area contributed by atoms with Crippen molar-refractivity contribution >= 4 is 27.5 Å². The summed E-state index contributed by atoms with van der Waals surface area (Å²) in [5.41, 5.74) is 1.02. The molecule has 0 radical (unpaired) electrons. The second-order valence-electron chi connectivity index (χ2n) is 4.27. The number of nitrogens with zero attached hydrogens (tertiary/aromatic N) is 2. The smallest absolute Gasteiger partial charge is 0.255 e. The largest absolute Gasteiger partial charge is 0.321 e. The van der Waals surface area contributed by atoms with Gasteiger partial charge in [0.15, 0.2) is 0 Å². The van der Waals surface area contributed by atoms with Crippen LogP contribution >= 0.6 is 15.9 Å². The fourth-order valence-corrected chi connectivity index (χ4v) is 2.13. The van der Waals surface area contributed by atoms with E-state index in [9.17, 15) is 9.59 Å². The minimum absolute atomic E-state index is 0.0727. The molecule has 0 spiro atoms. The van der Waals surface area contributed by atoms with E-state index in [1.807, 2.05) is 6.92 Å². The molecule has 5 nitrogen and oxygen atoms in total. The molecule has 0 aliphatic rings. The van der Waals surface area contributed by atoms with E-state index in [1.165, 1.54) is 6.07 Å². The lowest BCUT2D eigenvalue weighted by Gasteiger charge is -2.08. The number of hydrogen-bond acceptors (Lipinski definition) is 3. The zero-order chi connectivity index (χ0) is 14.5. The van der Waals surface area contributed by atoms with E-state index in [2.05, 4.69) is 26.2 Å². The second kappa shape index (κ2) is 6.47. The maximum Gasteiger partial charge on any atom is 0.255 e. The maximum absolute atomic E-state index is 12.1.